The van der Waals surface area contributed by atoms with Crippen molar-refractivity contribution in [2.24, 2.45) is 5.92 Å². The molecular weight excluding hydrogens is 395 g/mol. The van der Waals surface area contributed by atoms with Gasteiger partial charge in [0, 0.05) is 0 Å². The molecule has 0 fully saturated rings. The summed E-state index contributed by atoms with van der Waals surface area (Å²) in [5.74, 6) is -0.801. The minimum absolute atomic E-state index is 0.0553. The van der Waals surface area contributed by atoms with Crippen LogP contribution in [0.25, 0.3) is 0 Å². The average Bonchev–Trinajstić information content (AvgIpc) is 2.86. The fraction of sp³-hybridized carbons (Fsp3) is 0.300. The Balaban J connectivity index is 1.98. The number of amides is 2. The number of nitrogens with zero attached hydrogens (tertiary/aromatic N) is 1. The summed E-state index contributed by atoms with van der Waals surface area (Å²) < 4.78 is 45.1. The SMILES string of the molecule is CC(C)CCOc1cccc2c1C(=O)N(c1ccc(Cl)c(C(F)(F)F)c1)C2=O. The second kappa shape index (κ2) is 7.47. The lowest BCUT2D eigenvalue weighted by atomic mass is 10.1. The van der Waals surface area contributed by atoms with Gasteiger partial charge in [0.2, 0.25) is 0 Å². The van der Waals surface area contributed by atoms with Gasteiger partial charge in [-0.2, -0.15) is 13.2 Å². The Morgan fingerprint density at radius 2 is 1.82 bits per heavy atom. The van der Waals surface area contributed by atoms with Crippen molar-refractivity contribution in [1.29, 1.82) is 0 Å². The van der Waals surface area contributed by atoms with Crippen LogP contribution in [0.2, 0.25) is 5.02 Å². The van der Waals surface area contributed by atoms with Crippen molar-refractivity contribution in [1.82, 2.24) is 0 Å². The molecule has 0 unspecified atom stereocenters. The first-order valence-electron chi connectivity index (χ1n) is 8.62. The van der Waals surface area contributed by atoms with Crippen molar-refractivity contribution in [3.8, 4) is 5.75 Å². The molecule has 0 N–H and O–H groups in total. The molecule has 1 aliphatic heterocycles. The molecule has 3 rings (SSSR count). The standard InChI is InChI=1S/C20H17ClF3NO3/c1-11(2)8-9-28-16-5-3-4-13-17(16)19(27)25(18(13)26)12-6-7-15(21)14(10-12)20(22,23)24/h3-7,10-11H,8-9H2,1-2H3. The highest BCUT2D eigenvalue weighted by Gasteiger charge is 2.41. The van der Waals surface area contributed by atoms with E-state index in [1.807, 2.05) is 13.8 Å². The largest absolute Gasteiger partial charge is 0.493 e. The fourth-order valence-electron chi connectivity index (χ4n) is 2.88. The molecule has 0 radical (unpaired) electrons. The number of hydrogen-bond donors (Lipinski definition) is 0. The molecule has 0 saturated heterocycles. The third-order valence-electron chi connectivity index (χ3n) is 4.34. The van der Waals surface area contributed by atoms with Crippen molar-refractivity contribution in [2.75, 3.05) is 11.5 Å². The fourth-order valence-corrected chi connectivity index (χ4v) is 3.11. The molecular formula is C20H17ClF3NO3. The number of alkyl halides is 3. The molecule has 8 heteroatoms. The smallest absolute Gasteiger partial charge is 0.417 e. The number of ether oxygens (including phenoxy) is 1. The predicted octanol–water partition coefficient (Wildman–Crippen LogP) is 5.58. The minimum Gasteiger partial charge on any atom is -0.493 e. The van der Waals surface area contributed by atoms with E-state index >= 15 is 0 Å². The summed E-state index contributed by atoms with van der Waals surface area (Å²) in [6.45, 7) is 4.40. The molecule has 4 nitrogen and oxygen atoms in total. The quantitative estimate of drug-likeness (QED) is 0.603. The van der Waals surface area contributed by atoms with E-state index in [1.54, 1.807) is 12.1 Å². The number of carbonyl (C=O) groups excluding carboxylic acids is 2. The van der Waals surface area contributed by atoms with Gasteiger partial charge in [0.05, 0.1) is 34.0 Å². The monoisotopic (exact) mass is 411 g/mol. The van der Waals surface area contributed by atoms with Crippen molar-refractivity contribution in [3.63, 3.8) is 0 Å². The van der Waals surface area contributed by atoms with Gasteiger partial charge in [0.1, 0.15) is 5.75 Å². The molecule has 0 spiro atoms. The van der Waals surface area contributed by atoms with E-state index < -0.39 is 28.6 Å². The number of imide groups is 1. The number of halogens is 4. The second-order valence-electron chi connectivity index (χ2n) is 6.82. The summed E-state index contributed by atoms with van der Waals surface area (Å²) in [7, 11) is 0. The predicted molar refractivity (Wildman–Crippen MR) is 99.0 cm³/mol. The van der Waals surface area contributed by atoms with Crippen molar-refractivity contribution in [3.05, 3.63) is 58.1 Å². The zero-order chi connectivity index (χ0) is 20.6. The first-order valence-corrected chi connectivity index (χ1v) is 9.00. The normalized spacial score (nSPS) is 14.0. The van der Waals surface area contributed by atoms with Crippen molar-refractivity contribution in [2.45, 2.75) is 26.4 Å². The van der Waals surface area contributed by atoms with Crippen LogP contribution in [-0.2, 0) is 6.18 Å². The Morgan fingerprint density at radius 1 is 1.11 bits per heavy atom. The molecule has 2 amide bonds. The van der Waals surface area contributed by atoms with Gasteiger partial charge < -0.3 is 4.74 Å². The van der Waals surface area contributed by atoms with E-state index in [2.05, 4.69) is 0 Å². The van der Waals surface area contributed by atoms with E-state index in [-0.39, 0.29) is 22.6 Å². The van der Waals surface area contributed by atoms with Crippen molar-refractivity contribution < 1.29 is 27.5 Å². The first-order chi connectivity index (χ1) is 13.1. The lowest BCUT2D eigenvalue weighted by Crippen LogP contribution is -2.29. The van der Waals surface area contributed by atoms with Crippen LogP contribution in [0.3, 0.4) is 0 Å². The van der Waals surface area contributed by atoms with Crippen molar-refractivity contribution >= 4 is 29.1 Å². The molecule has 2 aromatic carbocycles. The maximum Gasteiger partial charge on any atom is 0.417 e. The Hall–Kier alpha value is -2.54. The summed E-state index contributed by atoms with van der Waals surface area (Å²) in [6.07, 6.45) is -3.96. The summed E-state index contributed by atoms with van der Waals surface area (Å²) in [5.41, 5.74) is -1.16. The number of carbonyl (C=O) groups is 2. The van der Waals surface area contributed by atoms with Gasteiger partial charge in [0.25, 0.3) is 11.8 Å². The molecule has 148 valence electrons. The minimum atomic E-state index is -4.71. The summed E-state index contributed by atoms with van der Waals surface area (Å²) in [6, 6.07) is 7.51. The Kier molecular flexibility index (Phi) is 5.39. The van der Waals surface area contributed by atoms with Crippen LogP contribution >= 0.6 is 11.6 Å². The summed E-state index contributed by atoms with van der Waals surface area (Å²) >= 11 is 5.63. The van der Waals surface area contributed by atoms with Gasteiger partial charge in [-0.25, -0.2) is 4.90 Å². The highest BCUT2D eigenvalue weighted by Crippen LogP contribution is 2.39. The van der Waals surface area contributed by atoms with Gasteiger partial charge in [-0.15, -0.1) is 0 Å². The second-order valence-corrected chi connectivity index (χ2v) is 7.22. The van der Waals surface area contributed by atoms with Gasteiger partial charge in [-0.05, 0) is 42.7 Å². The zero-order valence-electron chi connectivity index (χ0n) is 15.1. The van der Waals surface area contributed by atoms with Crippen LogP contribution in [0, 0.1) is 5.92 Å². The maximum atomic E-state index is 13.1. The van der Waals surface area contributed by atoms with Crippen LogP contribution < -0.4 is 9.64 Å². The van der Waals surface area contributed by atoms with Crippen LogP contribution in [0.15, 0.2) is 36.4 Å². The molecule has 0 saturated carbocycles. The Bertz CT molecular complexity index is 941. The first kappa shape index (κ1) is 20.2. The summed E-state index contributed by atoms with van der Waals surface area (Å²) in [5, 5.41) is -0.509. The topological polar surface area (TPSA) is 46.6 Å². The van der Waals surface area contributed by atoms with E-state index in [0.29, 0.717) is 23.5 Å². The average molecular weight is 412 g/mol. The highest BCUT2D eigenvalue weighted by atomic mass is 35.5. The molecule has 0 bridgehead atoms. The molecule has 0 aromatic heterocycles. The van der Waals surface area contributed by atoms with Gasteiger partial charge >= 0.3 is 6.18 Å². The number of anilines is 1. The molecule has 2 aromatic rings. The molecule has 0 aliphatic carbocycles. The Labute approximate surface area is 164 Å². The van der Waals surface area contributed by atoms with E-state index in [0.717, 1.165) is 12.5 Å². The van der Waals surface area contributed by atoms with Crippen LogP contribution in [0.1, 0.15) is 46.5 Å². The van der Waals surface area contributed by atoms with E-state index in [4.69, 9.17) is 16.3 Å². The van der Waals surface area contributed by atoms with Crippen LogP contribution in [0.4, 0.5) is 18.9 Å². The zero-order valence-corrected chi connectivity index (χ0v) is 15.9. The van der Waals surface area contributed by atoms with Gasteiger partial charge in [0.15, 0.2) is 0 Å². The van der Waals surface area contributed by atoms with E-state index in [1.165, 1.54) is 12.1 Å². The van der Waals surface area contributed by atoms with Crippen LogP contribution in [-0.4, -0.2) is 18.4 Å². The van der Waals surface area contributed by atoms with Crippen LogP contribution in [0.5, 0.6) is 5.75 Å². The third kappa shape index (κ3) is 3.71. The molecule has 28 heavy (non-hydrogen) atoms. The summed E-state index contributed by atoms with van der Waals surface area (Å²) in [4.78, 5) is 26.3. The molecule has 1 aliphatic rings. The number of fused-ring (bicyclic) bond motifs is 1. The number of hydrogen-bond acceptors (Lipinski definition) is 3. The number of rotatable bonds is 5. The van der Waals surface area contributed by atoms with Gasteiger partial charge in [-0.1, -0.05) is 31.5 Å². The lowest BCUT2D eigenvalue weighted by Gasteiger charge is -2.17. The molecule has 1 heterocycles. The van der Waals surface area contributed by atoms with E-state index in [9.17, 15) is 22.8 Å². The molecule has 0 atom stereocenters. The maximum absolute atomic E-state index is 13.1. The highest BCUT2D eigenvalue weighted by molar-refractivity contribution is 6.35. The Morgan fingerprint density at radius 3 is 2.46 bits per heavy atom. The lowest BCUT2D eigenvalue weighted by molar-refractivity contribution is -0.137. The third-order valence-corrected chi connectivity index (χ3v) is 4.67. The van der Waals surface area contributed by atoms with Gasteiger partial charge in [-0.3, -0.25) is 9.59 Å². The number of benzene rings is 2.